The molecule has 4 atom stereocenters. The number of benzene rings is 2. The topological polar surface area (TPSA) is 90.5 Å². The van der Waals surface area contributed by atoms with E-state index in [0.29, 0.717) is 25.9 Å². The van der Waals surface area contributed by atoms with Crippen LogP contribution in [0.2, 0.25) is 0 Å². The fourth-order valence-electron chi connectivity index (χ4n) is 4.58. The van der Waals surface area contributed by atoms with Crippen LogP contribution in [-0.4, -0.2) is 54.3 Å². The molecule has 1 aliphatic heterocycles. The Bertz CT molecular complexity index is 1100. The SMILES string of the molecule is CC[C@H](C)[C@@H]1NCc2ccccc2C/C=C\CCNC(=O)[C@@H](Cc2ccccc2)NC(=O)[C@@H](C)N(C)C1=O. The first kappa shape index (κ1) is 29.1. The Labute approximate surface area is 227 Å². The normalized spacial score (nSPS) is 23.8. The van der Waals surface area contributed by atoms with Crippen LogP contribution in [0.4, 0.5) is 0 Å². The van der Waals surface area contributed by atoms with E-state index in [4.69, 9.17) is 0 Å². The molecule has 0 fully saturated rings. The molecule has 1 heterocycles. The van der Waals surface area contributed by atoms with Crippen molar-refractivity contribution < 1.29 is 14.4 Å². The van der Waals surface area contributed by atoms with E-state index in [1.54, 1.807) is 14.0 Å². The van der Waals surface area contributed by atoms with Crippen LogP contribution in [0.5, 0.6) is 0 Å². The molecule has 3 N–H and O–H groups in total. The van der Waals surface area contributed by atoms with Crippen molar-refractivity contribution in [3.63, 3.8) is 0 Å². The van der Waals surface area contributed by atoms with Gasteiger partial charge in [-0.25, -0.2) is 0 Å². The third kappa shape index (κ3) is 8.02. The molecule has 0 bridgehead atoms. The summed E-state index contributed by atoms with van der Waals surface area (Å²) >= 11 is 0. The summed E-state index contributed by atoms with van der Waals surface area (Å²) in [6.45, 7) is 6.86. The summed E-state index contributed by atoms with van der Waals surface area (Å²) in [5.41, 5.74) is 3.29. The Kier molecular flexibility index (Phi) is 11.1. The molecule has 0 saturated carbocycles. The highest BCUT2D eigenvalue weighted by Gasteiger charge is 2.32. The maximum Gasteiger partial charge on any atom is 0.243 e. The highest BCUT2D eigenvalue weighted by molar-refractivity contribution is 5.93. The maximum absolute atomic E-state index is 13.6. The highest BCUT2D eigenvalue weighted by atomic mass is 16.2. The van der Waals surface area contributed by atoms with E-state index >= 15 is 0 Å². The average molecular weight is 519 g/mol. The van der Waals surface area contributed by atoms with E-state index in [0.717, 1.165) is 24.0 Å². The molecule has 7 heteroatoms. The van der Waals surface area contributed by atoms with Gasteiger partial charge in [-0.3, -0.25) is 14.4 Å². The van der Waals surface area contributed by atoms with E-state index in [-0.39, 0.29) is 23.6 Å². The lowest BCUT2D eigenvalue weighted by Crippen LogP contribution is -2.57. The van der Waals surface area contributed by atoms with Gasteiger partial charge in [0, 0.05) is 26.6 Å². The van der Waals surface area contributed by atoms with E-state index in [2.05, 4.69) is 54.1 Å². The van der Waals surface area contributed by atoms with E-state index in [1.807, 2.05) is 42.5 Å². The third-order valence-electron chi connectivity index (χ3n) is 7.45. The van der Waals surface area contributed by atoms with Gasteiger partial charge in [0.25, 0.3) is 0 Å². The third-order valence-corrected chi connectivity index (χ3v) is 7.45. The van der Waals surface area contributed by atoms with Crippen LogP contribution in [0.25, 0.3) is 0 Å². The minimum atomic E-state index is -0.742. The molecule has 3 amide bonds. The van der Waals surface area contributed by atoms with Gasteiger partial charge >= 0.3 is 0 Å². The number of likely N-dealkylation sites (N-methyl/N-ethyl adjacent to an activating group) is 1. The number of carbonyl (C=O) groups is 3. The fraction of sp³-hybridized carbons (Fsp3) is 0.452. The van der Waals surface area contributed by atoms with Crippen LogP contribution >= 0.6 is 0 Å². The molecular formula is C31H42N4O3. The maximum atomic E-state index is 13.6. The van der Waals surface area contributed by atoms with E-state index in [9.17, 15) is 14.4 Å². The minimum absolute atomic E-state index is 0.0782. The zero-order valence-corrected chi connectivity index (χ0v) is 23.1. The van der Waals surface area contributed by atoms with Gasteiger partial charge in [-0.05, 0) is 42.4 Å². The van der Waals surface area contributed by atoms with Gasteiger partial charge in [-0.2, -0.15) is 0 Å². The Balaban J connectivity index is 1.88. The molecule has 0 aliphatic carbocycles. The predicted octanol–water partition coefficient (Wildman–Crippen LogP) is 3.38. The molecule has 2 aromatic carbocycles. The van der Waals surface area contributed by atoms with Gasteiger partial charge in [0.15, 0.2) is 0 Å². The number of hydrogen-bond acceptors (Lipinski definition) is 4. The quantitative estimate of drug-likeness (QED) is 0.542. The highest BCUT2D eigenvalue weighted by Crippen LogP contribution is 2.16. The summed E-state index contributed by atoms with van der Waals surface area (Å²) in [7, 11) is 1.66. The molecule has 7 nitrogen and oxygen atoms in total. The zero-order valence-electron chi connectivity index (χ0n) is 23.1. The average Bonchev–Trinajstić information content (AvgIpc) is 2.93. The second-order valence-corrected chi connectivity index (χ2v) is 10.1. The first-order valence-corrected chi connectivity index (χ1v) is 13.7. The number of nitrogens with one attached hydrogen (secondary N) is 3. The van der Waals surface area contributed by atoms with Gasteiger partial charge in [-0.1, -0.05) is 87.0 Å². The van der Waals surface area contributed by atoms with Crippen LogP contribution in [0.1, 0.15) is 50.3 Å². The standard InChI is InChI=1S/C31H42N4O3/c1-5-22(2)28-31(38)35(4)23(3)29(36)34-27(20-24-14-8-6-9-15-24)30(37)32-19-13-7-10-16-25-17-11-12-18-26(25)21-33-28/h6-12,14-15,17-18,22-23,27-28,33H,5,13,16,19-21H2,1-4H3,(H,32,37)(H,34,36)/b10-7-/t22-,23+,27+,28-/m0/s1. The lowest BCUT2D eigenvalue weighted by Gasteiger charge is -2.32. The van der Waals surface area contributed by atoms with Crippen molar-refractivity contribution in [1.82, 2.24) is 20.9 Å². The Morgan fingerprint density at radius 1 is 0.947 bits per heavy atom. The molecule has 38 heavy (non-hydrogen) atoms. The second-order valence-electron chi connectivity index (χ2n) is 10.1. The van der Waals surface area contributed by atoms with Gasteiger partial charge in [0.2, 0.25) is 17.7 Å². The largest absolute Gasteiger partial charge is 0.354 e. The summed E-state index contributed by atoms with van der Waals surface area (Å²) in [6, 6.07) is 15.9. The molecular weight excluding hydrogens is 476 g/mol. The zero-order chi connectivity index (χ0) is 27.5. The number of carbonyl (C=O) groups excluding carboxylic acids is 3. The number of allylic oxidation sites excluding steroid dienone is 1. The number of amides is 3. The second kappa shape index (κ2) is 14.5. The molecule has 3 rings (SSSR count). The molecule has 0 saturated heterocycles. The number of hydrogen-bond donors (Lipinski definition) is 3. The smallest absolute Gasteiger partial charge is 0.243 e. The van der Waals surface area contributed by atoms with Gasteiger partial charge in [-0.15, -0.1) is 0 Å². The fourth-order valence-corrected chi connectivity index (χ4v) is 4.58. The Morgan fingerprint density at radius 3 is 2.34 bits per heavy atom. The van der Waals surface area contributed by atoms with Crippen molar-refractivity contribution >= 4 is 17.7 Å². The van der Waals surface area contributed by atoms with Gasteiger partial charge < -0.3 is 20.9 Å². The Hall–Kier alpha value is -3.45. The van der Waals surface area contributed by atoms with Crippen molar-refractivity contribution in [3.8, 4) is 0 Å². The molecule has 1 aliphatic rings. The number of rotatable bonds is 4. The van der Waals surface area contributed by atoms with Gasteiger partial charge in [0.1, 0.15) is 12.1 Å². The number of fused-ring (bicyclic) bond motifs is 1. The monoisotopic (exact) mass is 518 g/mol. The van der Waals surface area contributed by atoms with Crippen molar-refractivity contribution in [2.24, 2.45) is 5.92 Å². The molecule has 2 aromatic rings. The van der Waals surface area contributed by atoms with Gasteiger partial charge in [0.05, 0.1) is 6.04 Å². The summed E-state index contributed by atoms with van der Waals surface area (Å²) in [5.74, 6) is -0.646. The molecule has 0 radical (unpaired) electrons. The summed E-state index contributed by atoms with van der Waals surface area (Å²) in [5, 5.41) is 9.36. The molecule has 0 unspecified atom stereocenters. The lowest BCUT2D eigenvalue weighted by atomic mass is 9.96. The predicted molar refractivity (Wildman–Crippen MR) is 151 cm³/mol. The molecule has 0 aromatic heterocycles. The number of nitrogens with zero attached hydrogens (tertiary/aromatic N) is 1. The van der Waals surface area contributed by atoms with Crippen molar-refractivity contribution in [2.45, 2.75) is 71.1 Å². The minimum Gasteiger partial charge on any atom is -0.354 e. The van der Waals surface area contributed by atoms with Crippen LogP contribution < -0.4 is 16.0 Å². The molecule has 0 spiro atoms. The van der Waals surface area contributed by atoms with Crippen LogP contribution in [0.15, 0.2) is 66.7 Å². The van der Waals surface area contributed by atoms with Crippen molar-refractivity contribution in [1.29, 1.82) is 0 Å². The molecule has 204 valence electrons. The van der Waals surface area contributed by atoms with Crippen molar-refractivity contribution in [2.75, 3.05) is 13.6 Å². The summed E-state index contributed by atoms with van der Waals surface area (Å²) in [6.07, 6.45) is 6.85. The summed E-state index contributed by atoms with van der Waals surface area (Å²) < 4.78 is 0. The summed E-state index contributed by atoms with van der Waals surface area (Å²) in [4.78, 5) is 41.5. The first-order valence-electron chi connectivity index (χ1n) is 13.7. The van der Waals surface area contributed by atoms with Crippen LogP contribution in [0, 0.1) is 5.92 Å². The van der Waals surface area contributed by atoms with Crippen LogP contribution in [-0.2, 0) is 33.8 Å². The van der Waals surface area contributed by atoms with Crippen LogP contribution in [0.3, 0.4) is 0 Å². The van der Waals surface area contributed by atoms with E-state index < -0.39 is 18.1 Å². The first-order chi connectivity index (χ1) is 18.3. The van der Waals surface area contributed by atoms with Crippen molar-refractivity contribution in [3.05, 3.63) is 83.4 Å². The van der Waals surface area contributed by atoms with E-state index in [1.165, 1.54) is 10.5 Å². The Morgan fingerprint density at radius 2 is 1.63 bits per heavy atom. The lowest BCUT2D eigenvalue weighted by molar-refractivity contribution is -0.141.